The third-order valence-corrected chi connectivity index (χ3v) is 3.11. The lowest BCUT2D eigenvalue weighted by Crippen LogP contribution is -2.03. The van der Waals surface area contributed by atoms with Crippen molar-refractivity contribution in [2.75, 3.05) is 6.61 Å². The van der Waals surface area contributed by atoms with Crippen molar-refractivity contribution in [1.29, 1.82) is 0 Å². The van der Waals surface area contributed by atoms with Crippen molar-refractivity contribution in [2.45, 2.75) is 19.8 Å². The first kappa shape index (κ1) is 14.1. The number of benzene rings is 1. The van der Waals surface area contributed by atoms with Gasteiger partial charge in [-0.25, -0.2) is 4.79 Å². The molecular weight excluding hydrogens is 252 g/mol. The van der Waals surface area contributed by atoms with Gasteiger partial charge in [0, 0.05) is 17.0 Å². The Labute approximate surface area is 118 Å². The van der Waals surface area contributed by atoms with E-state index in [0.29, 0.717) is 18.6 Å². The standard InChI is InChI=1S/C17H18O3/c1-4-6-10-19-15-9-8-13-12(3)11-16(18)20-17(13)14(15)7-5-2/h4-5,8-9,11H,1-2,6-7,10H2,3H3. The molecule has 0 fully saturated rings. The molecule has 0 unspecified atom stereocenters. The Bertz CT molecular complexity index is 695. The number of hydrogen-bond acceptors (Lipinski definition) is 3. The van der Waals surface area contributed by atoms with E-state index in [1.807, 2.05) is 19.1 Å². The highest BCUT2D eigenvalue weighted by molar-refractivity contribution is 5.85. The van der Waals surface area contributed by atoms with Gasteiger partial charge in [0.2, 0.25) is 0 Å². The van der Waals surface area contributed by atoms with E-state index in [1.165, 1.54) is 6.07 Å². The van der Waals surface area contributed by atoms with E-state index in [2.05, 4.69) is 13.2 Å². The SMILES string of the molecule is C=CCCOc1ccc2c(C)cc(=O)oc2c1CC=C. The summed E-state index contributed by atoms with van der Waals surface area (Å²) in [6, 6.07) is 5.33. The van der Waals surface area contributed by atoms with Gasteiger partial charge in [-0.3, -0.25) is 0 Å². The van der Waals surface area contributed by atoms with Crippen molar-refractivity contribution in [2.24, 2.45) is 0 Å². The Kier molecular flexibility index (Phi) is 4.41. The van der Waals surface area contributed by atoms with Crippen molar-refractivity contribution in [3.63, 3.8) is 0 Å². The van der Waals surface area contributed by atoms with Crippen LogP contribution in [0.3, 0.4) is 0 Å². The summed E-state index contributed by atoms with van der Waals surface area (Å²) in [6.07, 6.45) is 4.94. The quantitative estimate of drug-likeness (QED) is 0.455. The maximum Gasteiger partial charge on any atom is 0.336 e. The Morgan fingerprint density at radius 3 is 2.80 bits per heavy atom. The highest BCUT2D eigenvalue weighted by atomic mass is 16.5. The monoisotopic (exact) mass is 270 g/mol. The molecule has 0 atom stereocenters. The molecule has 0 amide bonds. The van der Waals surface area contributed by atoms with Gasteiger partial charge in [-0.15, -0.1) is 13.2 Å². The van der Waals surface area contributed by atoms with E-state index in [4.69, 9.17) is 9.15 Å². The number of hydrogen-bond donors (Lipinski definition) is 0. The van der Waals surface area contributed by atoms with E-state index in [0.717, 1.165) is 28.7 Å². The van der Waals surface area contributed by atoms with Gasteiger partial charge in [0.05, 0.1) is 6.61 Å². The van der Waals surface area contributed by atoms with Crippen LogP contribution in [-0.2, 0) is 6.42 Å². The lowest BCUT2D eigenvalue weighted by Gasteiger charge is -2.12. The molecule has 0 aliphatic heterocycles. The Hall–Kier alpha value is -2.29. The molecule has 0 bridgehead atoms. The smallest absolute Gasteiger partial charge is 0.336 e. The van der Waals surface area contributed by atoms with Crippen molar-refractivity contribution in [3.05, 3.63) is 65.1 Å². The summed E-state index contributed by atoms with van der Waals surface area (Å²) in [5.74, 6) is 0.730. The van der Waals surface area contributed by atoms with Gasteiger partial charge in [-0.05, 0) is 37.5 Å². The summed E-state index contributed by atoms with van der Waals surface area (Å²) in [5, 5.41) is 0.928. The molecule has 0 saturated carbocycles. The highest BCUT2D eigenvalue weighted by Crippen LogP contribution is 2.29. The average Bonchev–Trinajstić information content (AvgIpc) is 2.41. The van der Waals surface area contributed by atoms with Crippen LogP contribution in [0.25, 0.3) is 11.0 Å². The van der Waals surface area contributed by atoms with Crippen molar-refractivity contribution >= 4 is 11.0 Å². The molecule has 20 heavy (non-hydrogen) atoms. The summed E-state index contributed by atoms with van der Waals surface area (Å²) in [5.41, 5.74) is 2.01. The molecule has 0 spiro atoms. The van der Waals surface area contributed by atoms with Crippen LogP contribution in [0.5, 0.6) is 5.75 Å². The first-order chi connectivity index (χ1) is 9.67. The Balaban J connectivity index is 2.58. The zero-order valence-electron chi connectivity index (χ0n) is 11.6. The Morgan fingerprint density at radius 2 is 2.10 bits per heavy atom. The predicted molar refractivity (Wildman–Crippen MR) is 81.4 cm³/mol. The van der Waals surface area contributed by atoms with E-state index >= 15 is 0 Å². The first-order valence-corrected chi connectivity index (χ1v) is 6.58. The van der Waals surface area contributed by atoms with Gasteiger partial charge in [0.25, 0.3) is 0 Å². The molecule has 0 radical (unpaired) electrons. The third kappa shape index (κ3) is 2.82. The van der Waals surface area contributed by atoms with Gasteiger partial charge < -0.3 is 9.15 Å². The fraction of sp³-hybridized carbons (Fsp3) is 0.235. The van der Waals surface area contributed by atoms with Gasteiger partial charge in [-0.2, -0.15) is 0 Å². The van der Waals surface area contributed by atoms with E-state index < -0.39 is 0 Å². The van der Waals surface area contributed by atoms with E-state index in [9.17, 15) is 4.79 Å². The summed E-state index contributed by atoms with van der Waals surface area (Å²) in [7, 11) is 0. The number of rotatable bonds is 6. The molecule has 0 aliphatic rings. The molecule has 0 aliphatic carbocycles. The second-order valence-corrected chi connectivity index (χ2v) is 4.59. The zero-order valence-corrected chi connectivity index (χ0v) is 11.6. The minimum absolute atomic E-state index is 0.344. The number of fused-ring (bicyclic) bond motifs is 1. The summed E-state index contributed by atoms with van der Waals surface area (Å²) < 4.78 is 11.1. The molecular formula is C17H18O3. The summed E-state index contributed by atoms with van der Waals surface area (Å²) in [6.45, 7) is 9.87. The van der Waals surface area contributed by atoms with E-state index in [-0.39, 0.29) is 5.63 Å². The largest absolute Gasteiger partial charge is 0.493 e. The third-order valence-electron chi connectivity index (χ3n) is 3.11. The molecule has 2 rings (SSSR count). The lowest BCUT2D eigenvalue weighted by molar-refractivity contribution is 0.322. The molecule has 3 nitrogen and oxygen atoms in total. The van der Waals surface area contributed by atoms with Gasteiger partial charge >= 0.3 is 5.63 Å². The minimum atomic E-state index is -0.344. The second-order valence-electron chi connectivity index (χ2n) is 4.59. The summed E-state index contributed by atoms with van der Waals surface area (Å²) >= 11 is 0. The fourth-order valence-corrected chi connectivity index (χ4v) is 2.15. The predicted octanol–water partition coefficient (Wildman–Crippen LogP) is 3.78. The number of ether oxygens (including phenoxy) is 1. The molecule has 2 aromatic rings. The molecule has 0 N–H and O–H groups in total. The van der Waals surface area contributed by atoms with Crippen LogP contribution < -0.4 is 10.4 Å². The van der Waals surface area contributed by atoms with Crippen LogP contribution in [0.1, 0.15) is 17.5 Å². The van der Waals surface area contributed by atoms with Crippen molar-refractivity contribution < 1.29 is 9.15 Å². The molecule has 1 aromatic carbocycles. The Morgan fingerprint density at radius 1 is 1.30 bits per heavy atom. The molecule has 0 saturated heterocycles. The number of aryl methyl sites for hydroxylation is 1. The van der Waals surface area contributed by atoms with Crippen molar-refractivity contribution in [3.8, 4) is 5.75 Å². The first-order valence-electron chi connectivity index (χ1n) is 6.58. The van der Waals surface area contributed by atoms with Gasteiger partial charge in [0.1, 0.15) is 11.3 Å². The minimum Gasteiger partial charge on any atom is -0.493 e. The lowest BCUT2D eigenvalue weighted by atomic mass is 10.0. The summed E-state index contributed by atoms with van der Waals surface area (Å²) in [4.78, 5) is 11.6. The van der Waals surface area contributed by atoms with Crippen LogP contribution in [0.2, 0.25) is 0 Å². The molecule has 1 aromatic heterocycles. The molecule has 1 heterocycles. The van der Waals surface area contributed by atoms with Crippen LogP contribution in [0.4, 0.5) is 0 Å². The fourth-order valence-electron chi connectivity index (χ4n) is 2.15. The second kappa shape index (κ2) is 6.24. The molecule has 104 valence electrons. The normalized spacial score (nSPS) is 10.4. The van der Waals surface area contributed by atoms with Crippen molar-refractivity contribution in [1.82, 2.24) is 0 Å². The number of allylic oxidation sites excluding steroid dienone is 1. The maximum absolute atomic E-state index is 11.6. The highest BCUT2D eigenvalue weighted by Gasteiger charge is 2.12. The van der Waals surface area contributed by atoms with Crippen LogP contribution in [-0.4, -0.2) is 6.61 Å². The van der Waals surface area contributed by atoms with Crippen LogP contribution in [0.15, 0.2) is 52.7 Å². The maximum atomic E-state index is 11.6. The van der Waals surface area contributed by atoms with E-state index in [1.54, 1.807) is 12.2 Å². The molecule has 3 heteroatoms. The van der Waals surface area contributed by atoms with Crippen LogP contribution in [0, 0.1) is 6.92 Å². The van der Waals surface area contributed by atoms with Gasteiger partial charge in [-0.1, -0.05) is 12.2 Å². The van der Waals surface area contributed by atoms with Gasteiger partial charge in [0.15, 0.2) is 0 Å². The average molecular weight is 270 g/mol. The zero-order chi connectivity index (χ0) is 14.5. The van der Waals surface area contributed by atoms with Crippen LogP contribution >= 0.6 is 0 Å². The topological polar surface area (TPSA) is 39.4 Å².